The first-order valence-electron chi connectivity index (χ1n) is 10.4. The molecule has 176 valence electrons. The van der Waals surface area contributed by atoms with Gasteiger partial charge in [0.05, 0.1) is 17.1 Å². The van der Waals surface area contributed by atoms with Crippen molar-refractivity contribution in [3.63, 3.8) is 0 Å². The topological polar surface area (TPSA) is 116 Å². The first-order chi connectivity index (χ1) is 14.7. The summed E-state index contributed by atoms with van der Waals surface area (Å²) >= 11 is 6.25. The van der Waals surface area contributed by atoms with Crippen LogP contribution in [0, 0.1) is 0 Å². The summed E-state index contributed by atoms with van der Waals surface area (Å²) in [5, 5.41) is 23.0. The van der Waals surface area contributed by atoms with Gasteiger partial charge in [0.15, 0.2) is 0 Å². The zero-order valence-electron chi connectivity index (χ0n) is 19.1. The van der Waals surface area contributed by atoms with Crippen LogP contribution in [-0.2, 0) is 10.0 Å². The van der Waals surface area contributed by atoms with Crippen LogP contribution >= 0.6 is 11.6 Å². The van der Waals surface area contributed by atoms with Gasteiger partial charge in [0.2, 0.25) is 0 Å². The molecule has 0 aliphatic carbocycles. The molecular formula is C23H31ClN2O5S. The summed E-state index contributed by atoms with van der Waals surface area (Å²) in [4.78, 5) is 12.5. The maximum absolute atomic E-state index is 12.9. The van der Waals surface area contributed by atoms with Crippen LogP contribution in [0.1, 0.15) is 87.8 Å². The zero-order valence-corrected chi connectivity index (χ0v) is 20.7. The van der Waals surface area contributed by atoms with E-state index >= 15 is 0 Å². The second kappa shape index (κ2) is 10.2. The van der Waals surface area contributed by atoms with Crippen molar-refractivity contribution in [2.45, 2.75) is 70.5 Å². The molecule has 0 radical (unpaired) electrons. The van der Waals surface area contributed by atoms with Gasteiger partial charge in [-0.2, -0.15) is 0 Å². The maximum atomic E-state index is 12.9. The minimum atomic E-state index is -4.28. The number of hydrogen-bond acceptors (Lipinski definition) is 5. The fourth-order valence-corrected chi connectivity index (χ4v) is 4.54. The number of halogens is 1. The fraction of sp³-hybridized carbons (Fsp3) is 0.435. The molecule has 2 rings (SSSR count). The number of aliphatic hydroxyl groups is 2. The average molecular weight is 483 g/mol. The molecule has 0 heterocycles. The zero-order chi connectivity index (χ0) is 24.4. The Kier molecular flexibility index (Phi) is 8.33. The van der Waals surface area contributed by atoms with Crippen LogP contribution < -0.4 is 10.0 Å². The van der Waals surface area contributed by atoms with E-state index in [1.54, 1.807) is 12.1 Å². The first-order valence-corrected chi connectivity index (χ1v) is 12.3. The van der Waals surface area contributed by atoms with Crippen molar-refractivity contribution in [1.82, 2.24) is 4.72 Å². The van der Waals surface area contributed by atoms with Gasteiger partial charge < -0.3 is 15.5 Å². The van der Waals surface area contributed by atoms with E-state index in [1.165, 1.54) is 32.0 Å². The number of carbonyl (C=O) groups is 1. The second-order valence-electron chi connectivity index (χ2n) is 8.52. The number of benzene rings is 2. The van der Waals surface area contributed by atoms with Crippen molar-refractivity contribution in [1.29, 1.82) is 0 Å². The molecule has 0 aromatic heterocycles. The van der Waals surface area contributed by atoms with Gasteiger partial charge in [0.1, 0.15) is 0 Å². The number of carbonyl (C=O) groups excluding carboxylic acids is 1. The molecule has 0 saturated heterocycles. The van der Waals surface area contributed by atoms with Gasteiger partial charge in [0, 0.05) is 10.7 Å². The minimum Gasteiger partial charge on any atom is -0.389 e. The van der Waals surface area contributed by atoms with Crippen LogP contribution in [0.25, 0.3) is 0 Å². The van der Waals surface area contributed by atoms with Crippen LogP contribution in [0.4, 0.5) is 10.5 Å². The first kappa shape index (κ1) is 26.1. The quantitative estimate of drug-likeness (QED) is 0.432. The fourth-order valence-electron chi connectivity index (χ4n) is 3.31. The van der Waals surface area contributed by atoms with Gasteiger partial charge >= 0.3 is 6.03 Å². The smallest absolute Gasteiger partial charge is 0.333 e. The van der Waals surface area contributed by atoms with Crippen molar-refractivity contribution in [2.75, 3.05) is 5.32 Å². The van der Waals surface area contributed by atoms with Gasteiger partial charge in [-0.1, -0.05) is 45.4 Å². The predicted octanol–water partition coefficient (Wildman–Crippen LogP) is 5.20. The summed E-state index contributed by atoms with van der Waals surface area (Å²) in [6.07, 6.45) is -1.90. The Bertz CT molecular complexity index is 1040. The van der Waals surface area contributed by atoms with Crippen LogP contribution in [0.2, 0.25) is 5.02 Å². The van der Waals surface area contributed by atoms with Crippen molar-refractivity contribution in [3.8, 4) is 0 Å². The highest BCUT2D eigenvalue weighted by Crippen LogP contribution is 2.35. The van der Waals surface area contributed by atoms with E-state index in [4.69, 9.17) is 11.6 Å². The third-order valence-corrected chi connectivity index (χ3v) is 6.63. The molecule has 0 bridgehead atoms. The van der Waals surface area contributed by atoms with Gasteiger partial charge in [-0.05, 0) is 72.2 Å². The minimum absolute atomic E-state index is 0.0365. The number of rotatable bonds is 7. The third-order valence-electron chi connectivity index (χ3n) is 5.10. The highest BCUT2D eigenvalue weighted by molar-refractivity contribution is 7.90. The SMILES string of the molecule is CC(C)c1cc(Cl)cc(C(C)C)c1NC(=O)NS(=O)(=O)c1cc(C(C)O)cc(C(C)O)c1. The molecule has 0 spiro atoms. The Morgan fingerprint density at radius 2 is 1.28 bits per heavy atom. The van der Waals surface area contributed by atoms with E-state index in [2.05, 4.69) is 5.32 Å². The van der Waals surface area contributed by atoms with Crippen LogP contribution in [0.3, 0.4) is 0 Å². The summed E-state index contributed by atoms with van der Waals surface area (Å²) in [5.41, 5.74) is 2.73. The standard InChI is InChI=1S/C23H31ClN2O5S/c1-12(2)20-10-18(24)11-21(13(3)4)22(20)25-23(29)26-32(30,31)19-8-16(14(5)27)7-17(9-19)15(6)28/h7-15,27-28H,1-6H3,(H2,25,26,29). The third kappa shape index (κ3) is 6.22. The Morgan fingerprint density at radius 1 is 0.844 bits per heavy atom. The van der Waals surface area contributed by atoms with Gasteiger partial charge in [-0.25, -0.2) is 17.9 Å². The van der Waals surface area contributed by atoms with Crippen molar-refractivity contribution in [3.05, 3.63) is 57.6 Å². The summed E-state index contributed by atoms with van der Waals surface area (Å²) in [5.74, 6) is 0.0730. The summed E-state index contributed by atoms with van der Waals surface area (Å²) in [7, 11) is -4.28. The number of amides is 2. The number of sulfonamides is 1. The normalized spacial score (nSPS) is 13.8. The number of aliphatic hydroxyl groups excluding tert-OH is 2. The molecule has 2 amide bonds. The van der Waals surface area contributed by atoms with Gasteiger partial charge in [-0.3, -0.25) is 0 Å². The molecule has 2 unspecified atom stereocenters. The molecular weight excluding hydrogens is 452 g/mol. The molecule has 2 atom stereocenters. The molecule has 7 nitrogen and oxygen atoms in total. The Balaban J connectivity index is 2.42. The summed E-state index contributed by atoms with van der Waals surface area (Å²) in [6, 6.07) is 6.65. The van der Waals surface area contributed by atoms with Gasteiger partial charge in [0.25, 0.3) is 10.0 Å². The molecule has 4 N–H and O–H groups in total. The molecule has 9 heteroatoms. The molecule has 0 aliphatic heterocycles. The molecule has 0 fully saturated rings. The molecule has 2 aromatic rings. The predicted molar refractivity (Wildman–Crippen MR) is 127 cm³/mol. The number of hydrogen-bond donors (Lipinski definition) is 4. The maximum Gasteiger partial charge on any atom is 0.333 e. The Labute approximate surface area is 194 Å². The lowest BCUT2D eigenvalue weighted by Gasteiger charge is -2.21. The van der Waals surface area contributed by atoms with Gasteiger partial charge in [-0.15, -0.1) is 0 Å². The van der Waals surface area contributed by atoms with E-state index in [-0.39, 0.29) is 16.7 Å². The van der Waals surface area contributed by atoms with E-state index in [1.807, 2.05) is 32.4 Å². The van der Waals surface area contributed by atoms with E-state index in [9.17, 15) is 23.4 Å². The highest BCUT2D eigenvalue weighted by atomic mass is 35.5. The lowest BCUT2D eigenvalue weighted by molar-refractivity contribution is 0.192. The van der Waals surface area contributed by atoms with E-state index < -0.39 is 28.3 Å². The van der Waals surface area contributed by atoms with Crippen LogP contribution in [0.15, 0.2) is 35.2 Å². The lowest BCUT2D eigenvalue weighted by Crippen LogP contribution is -2.35. The molecule has 0 saturated carbocycles. The molecule has 32 heavy (non-hydrogen) atoms. The largest absolute Gasteiger partial charge is 0.389 e. The molecule has 2 aromatic carbocycles. The Morgan fingerprint density at radius 3 is 1.66 bits per heavy atom. The van der Waals surface area contributed by atoms with Crippen molar-refractivity contribution in [2.24, 2.45) is 0 Å². The average Bonchev–Trinajstić information content (AvgIpc) is 2.67. The number of nitrogens with one attached hydrogen (secondary N) is 2. The van der Waals surface area contributed by atoms with Crippen molar-refractivity contribution >= 4 is 33.3 Å². The lowest BCUT2D eigenvalue weighted by atomic mass is 9.92. The van der Waals surface area contributed by atoms with Crippen molar-refractivity contribution < 1.29 is 23.4 Å². The van der Waals surface area contributed by atoms with E-state index in [0.29, 0.717) is 21.8 Å². The summed E-state index contributed by atoms with van der Waals surface area (Å²) < 4.78 is 27.9. The van der Waals surface area contributed by atoms with Crippen LogP contribution in [0.5, 0.6) is 0 Å². The number of urea groups is 1. The highest BCUT2D eigenvalue weighted by Gasteiger charge is 2.23. The number of anilines is 1. The van der Waals surface area contributed by atoms with E-state index in [0.717, 1.165) is 11.1 Å². The Hall–Kier alpha value is -2.13. The van der Waals surface area contributed by atoms with Crippen LogP contribution in [-0.4, -0.2) is 24.7 Å². The molecule has 0 aliphatic rings. The monoisotopic (exact) mass is 482 g/mol. The summed E-state index contributed by atoms with van der Waals surface area (Å²) in [6.45, 7) is 10.8. The second-order valence-corrected chi connectivity index (χ2v) is 10.6.